The topological polar surface area (TPSA) is 40.1 Å². The van der Waals surface area contributed by atoms with Gasteiger partial charge >= 0.3 is 0 Å². The number of carbonyl (C=O) groups excluding carboxylic acids is 1. The number of nitrogens with zero attached hydrogens (tertiary/aromatic N) is 1. The predicted octanol–water partition coefficient (Wildman–Crippen LogP) is 0.949. The quantitative estimate of drug-likeness (QED) is 0.515. The predicted molar refractivity (Wildman–Crippen MR) is 60.1 cm³/mol. The molecule has 1 rings (SSSR count). The molecule has 0 bridgehead atoms. The van der Waals surface area contributed by atoms with Gasteiger partial charge in [0.15, 0.2) is 0 Å². The van der Waals surface area contributed by atoms with E-state index in [2.05, 4.69) is 20.6 Å². The molecular weight excluding hydrogens is 190 g/mol. The van der Waals surface area contributed by atoms with Gasteiger partial charge < -0.3 is 14.4 Å². The molecule has 0 unspecified atom stereocenters. The van der Waals surface area contributed by atoms with Gasteiger partial charge in [-0.2, -0.15) is 0 Å². The molecular formula is C12H23NO2. The average molecular weight is 213 g/mol. The minimum absolute atomic E-state index is 0.722. The zero-order chi connectivity index (χ0) is 11.7. The third-order valence-corrected chi connectivity index (χ3v) is 2.86. The average Bonchev–Trinajstić information content (AvgIpc) is 2.64. The van der Waals surface area contributed by atoms with E-state index >= 15 is 0 Å². The summed E-state index contributed by atoms with van der Waals surface area (Å²) in [6.45, 7) is 9.45. The molecule has 1 saturated heterocycles. The minimum atomic E-state index is -1.23. The van der Waals surface area contributed by atoms with Crippen molar-refractivity contribution in [3.63, 3.8) is 0 Å². The summed E-state index contributed by atoms with van der Waals surface area (Å²) >= 11 is 0. The van der Waals surface area contributed by atoms with Gasteiger partial charge in [-0.1, -0.05) is 19.9 Å². The van der Waals surface area contributed by atoms with Gasteiger partial charge in [0.2, 0.25) is 0 Å². The van der Waals surface area contributed by atoms with E-state index in [0.717, 1.165) is 6.08 Å². The van der Waals surface area contributed by atoms with Crippen LogP contribution in [-0.2, 0) is 4.79 Å². The molecule has 1 heterocycles. The molecule has 0 atom stereocenters. The Morgan fingerprint density at radius 3 is 2.27 bits per heavy atom. The van der Waals surface area contributed by atoms with Crippen LogP contribution in [0.1, 0.15) is 32.6 Å². The molecule has 1 aliphatic rings. The molecule has 88 valence electrons. The van der Waals surface area contributed by atoms with Crippen molar-refractivity contribution in [3.05, 3.63) is 12.7 Å². The summed E-state index contributed by atoms with van der Waals surface area (Å²) in [5, 5.41) is 9.14. The fraction of sp³-hybridized carbons (Fsp3) is 0.750. The highest BCUT2D eigenvalue weighted by atomic mass is 16.4. The van der Waals surface area contributed by atoms with Gasteiger partial charge in [0.05, 0.1) is 32.7 Å². The maximum Gasteiger partial charge on any atom is 0.0786 e. The van der Waals surface area contributed by atoms with Crippen LogP contribution in [0.5, 0.6) is 0 Å². The molecule has 3 heteroatoms. The van der Waals surface area contributed by atoms with Crippen LogP contribution in [0.15, 0.2) is 12.7 Å². The number of carbonyl (C=O) groups is 1. The zero-order valence-corrected chi connectivity index (χ0v) is 10.00. The second-order valence-electron chi connectivity index (χ2n) is 4.37. The summed E-state index contributed by atoms with van der Waals surface area (Å²) in [5.41, 5.74) is 0. The summed E-state index contributed by atoms with van der Waals surface area (Å²) < 4.78 is 1.36. The third kappa shape index (κ3) is 7.14. The molecule has 0 aliphatic carbocycles. The van der Waals surface area contributed by atoms with Crippen molar-refractivity contribution in [3.8, 4) is 0 Å². The molecule has 0 aromatic rings. The van der Waals surface area contributed by atoms with Crippen molar-refractivity contribution in [1.82, 2.24) is 0 Å². The SMILES string of the molecule is C=CC(=O)[O-].CCCC[N+]1(C)CCCC1. The number of quaternary nitrogens is 1. The maximum atomic E-state index is 9.14. The molecule has 0 amide bonds. The van der Waals surface area contributed by atoms with E-state index < -0.39 is 5.97 Å². The summed E-state index contributed by atoms with van der Waals surface area (Å²) in [7, 11) is 2.41. The van der Waals surface area contributed by atoms with Crippen LogP contribution in [0.2, 0.25) is 0 Å². The van der Waals surface area contributed by atoms with Crippen molar-refractivity contribution in [2.75, 3.05) is 26.7 Å². The van der Waals surface area contributed by atoms with Gasteiger partial charge in [0.25, 0.3) is 0 Å². The van der Waals surface area contributed by atoms with E-state index in [-0.39, 0.29) is 0 Å². The summed E-state index contributed by atoms with van der Waals surface area (Å²) in [6, 6.07) is 0. The molecule has 0 aromatic heterocycles. The minimum Gasteiger partial charge on any atom is -0.545 e. The van der Waals surface area contributed by atoms with Gasteiger partial charge in [-0.15, -0.1) is 0 Å². The highest BCUT2D eigenvalue weighted by Crippen LogP contribution is 2.16. The van der Waals surface area contributed by atoms with Crippen LogP contribution >= 0.6 is 0 Å². The van der Waals surface area contributed by atoms with E-state index in [9.17, 15) is 0 Å². The van der Waals surface area contributed by atoms with Crippen LogP contribution < -0.4 is 5.11 Å². The zero-order valence-electron chi connectivity index (χ0n) is 10.00. The van der Waals surface area contributed by atoms with Gasteiger partial charge in [0, 0.05) is 12.8 Å². The number of carboxylic acid groups (broad SMARTS) is 1. The van der Waals surface area contributed by atoms with Crippen molar-refractivity contribution < 1.29 is 14.4 Å². The Morgan fingerprint density at radius 1 is 1.47 bits per heavy atom. The first-order valence-electron chi connectivity index (χ1n) is 5.71. The van der Waals surface area contributed by atoms with Crippen molar-refractivity contribution in [2.24, 2.45) is 0 Å². The largest absolute Gasteiger partial charge is 0.545 e. The van der Waals surface area contributed by atoms with Crippen LogP contribution in [0.3, 0.4) is 0 Å². The summed E-state index contributed by atoms with van der Waals surface area (Å²) in [5.74, 6) is -1.23. The number of hydrogen-bond acceptors (Lipinski definition) is 2. The Bertz CT molecular complexity index is 196. The highest BCUT2D eigenvalue weighted by molar-refractivity contribution is 5.76. The van der Waals surface area contributed by atoms with Gasteiger partial charge in [-0.25, -0.2) is 0 Å². The number of unbranched alkanes of at least 4 members (excludes halogenated alkanes) is 1. The number of rotatable bonds is 4. The molecule has 0 radical (unpaired) electrons. The fourth-order valence-corrected chi connectivity index (χ4v) is 1.86. The second kappa shape index (κ2) is 7.46. The Hall–Kier alpha value is -0.830. The molecule has 0 saturated carbocycles. The Morgan fingerprint density at radius 2 is 1.93 bits per heavy atom. The van der Waals surface area contributed by atoms with Crippen molar-refractivity contribution >= 4 is 5.97 Å². The van der Waals surface area contributed by atoms with Gasteiger partial charge in [0.1, 0.15) is 0 Å². The summed E-state index contributed by atoms with van der Waals surface area (Å²) in [4.78, 5) is 9.14. The number of carboxylic acids is 1. The Balaban J connectivity index is 0.000000336. The smallest absolute Gasteiger partial charge is 0.0786 e. The lowest BCUT2D eigenvalue weighted by Gasteiger charge is -2.28. The van der Waals surface area contributed by atoms with Crippen LogP contribution in [0.4, 0.5) is 0 Å². The lowest BCUT2D eigenvalue weighted by atomic mass is 10.3. The number of aliphatic carboxylic acids is 1. The fourth-order valence-electron chi connectivity index (χ4n) is 1.86. The standard InChI is InChI=1S/C9H20N.C3H4O2/c1-3-4-7-10(2)8-5-6-9-10;1-2-3(4)5/h3-9H2,1-2H3;2H,1H2,(H,4,5)/q+1;/p-1. The van der Waals surface area contributed by atoms with E-state index in [1.807, 2.05) is 0 Å². The van der Waals surface area contributed by atoms with Crippen molar-refractivity contribution in [1.29, 1.82) is 0 Å². The van der Waals surface area contributed by atoms with Gasteiger partial charge in [-0.3, -0.25) is 0 Å². The van der Waals surface area contributed by atoms with Crippen molar-refractivity contribution in [2.45, 2.75) is 32.6 Å². The lowest BCUT2D eigenvalue weighted by Crippen LogP contribution is -2.41. The first-order valence-corrected chi connectivity index (χ1v) is 5.71. The number of likely N-dealkylation sites (tertiary alicyclic amines) is 1. The molecule has 0 aromatic carbocycles. The maximum absolute atomic E-state index is 9.14. The van der Waals surface area contributed by atoms with Crippen LogP contribution in [-0.4, -0.2) is 37.1 Å². The normalized spacial score (nSPS) is 17.7. The van der Waals surface area contributed by atoms with Crippen LogP contribution in [0.25, 0.3) is 0 Å². The lowest BCUT2D eigenvalue weighted by molar-refractivity contribution is -0.897. The van der Waals surface area contributed by atoms with Gasteiger partial charge in [-0.05, 0) is 12.5 Å². The Labute approximate surface area is 93.0 Å². The van der Waals surface area contributed by atoms with E-state index in [4.69, 9.17) is 9.90 Å². The molecule has 15 heavy (non-hydrogen) atoms. The second-order valence-corrected chi connectivity index (χ2v) is 4.37. The molecule has 0 spiro atoms. The molecule has 3 nitrogen and oxygen atoms in total. The molecule has 1 aliphatic heterocycles. The first kappa shape index (κ1) is 14.2. The molecule has 0 N–H and O–H groups in total. The Kier molecular flexibility index (Phi) is 7.05. The van der Waals surface area contributed by atoms with E-state index in [1.165, 1.54) is 49.8 Å². The monoisotopic (exact) mass is 213 g/mol. The van der Waals surface area contributed by atoms with Crippen LogP contribution in [0, 0.1) is 0 Å². The number of hydrogen-bond donors (Lipinski definition) is 0. The van der Waals surface area contributed by atoms with E-state index in [1.54, 1.807) is 0 Å². The van der Waals surface area contributed by atoms with E-state index in [0.29, 0.717) is 0 Å². The first-order chi connectivity index (χ1) is 7.04. The molecule has 1 fully saturated rings. The summed E-state index contributed by atoms with van der Waals surface area (Å²) in [6.07, 6.45) is 6.41. The highest BCUT2D eigenvalue weighted by Gasteiger charge is 2.25. The third-order valence-electron chi connectivity index (χ3n) is 2.86.